The molecule has 3 rings (SSSR count). The van der Waals surface area contributed by atoms with E-state index in [1.54, 1.807) is 43.5 Å². The number of carbonyl (C=O) groups excluding carboxylic acids is 2. The first kappa shape index (κ1) is 22.9. The lowest BCUT2D eigenvalue weighted by atomic mass is 10.1. The highest BCUT2D eigenvalue weighted by Gasteiger charge is 2.22. The fourth-order valence-electron chi connectivity index (χ4n) is 3.29. The highest BCUT2D eigenvalue weighted by atomic mass is 16.5. The van der Waals surface area contributed by atoms with Crippen LogP contribution in [0.5, 0.6) is 11.5 Å². The number of nitrogens with one attached hydrogen (secondary N) is 2. The topological polar surface area (TPSA) is 76.7 Å². The fraction of sp³-hybridized carbons (Fsp3) is 0.231. The minimum atomic E-state index is -0.745. The van der Waals surface area contributed by atoms with Crippen molar-refractivity contribution in [2.75, 3.05) is 12.4 Å². The Kier molecular flexibility index (Phi) is 7.86. The van der Waals surface area contributed by atoms with Gasteiger partial charge >= 0.3 is 0 Å². The molecule has 3 aromatic rings. The van der Waals surface area contributed by atoms with Gasteiger partial charge in [-0.2, -0.15) is 0 Å². The minimum Gasteiger partial charge on any atom is -0.493 e. The van der Waals surface area contributed by atoms with E-state index < -0.39 is 6.10 Å². The maximum Gasteiger partial charge on any atom is 0.265 e. The quantitative estimate of drug-likeness (QED) is 0.500. The zero-order valence-electron chi connectivity index (χ0n) is 18.5. The van der Waals surface area contributed by atoms with E-state index >= 15 is 0 Å². The first-order valence-corrected chi connectivity index (χ1v) is 10.6. The van der Waals surface area contributed by atoms with E-state index in [2.05, 4.69) is 10.6 Å². The summed E-state index contributed by atoms with van der Waals surface area (Å²) in [4.78, 5) is 25.9. The van der Waals surface area contributed by atoms with Gasteiger partial charge in [-0.3, -0.25) is 9.59 Å². The van der Waals surface area contributed by atoms with Gasteiger partial charge in [0.1, 0.15) is 0 Å². The molecule has 6 nitrogen and oxygen atoms in total. The fourth-order valence-corrected chi connectivity index (χ4v) is 3.29. The molecule has 0 aliphatic rings. The van der Waals surface area contributed by atoms with Crippen LogP contribution in [0.3, 0.4) is 0 Å². The average Bonchev–Trinajstić information content (AvgIpc) is 2.83. The molecule has 0 saturated carbocycles. The molecule has 166 valence electrons. The van der Waals surface area contributed by atoms with E-state index in [1.807, 2.05) is 56.3 Å². The SMILES string of the molecule is CC[C@@H](Oc1ccccc1OC)C(=O)Nc1ccccc1C(=O)N[C@@H](C)c1ccccc1. The lowest BCUT2D eigenvalue weighted by Crippen LogP contribution is -2.34. The molecule has 6 heteroatoms. The van der Waals surface area contributed by atoms with Crippen molar-refractivity contribution in [1.82, 2.24) is 5.32 Å². The number of carbonyl (C=O) groups is 2. The van der Waals surface area contributed by atoms with Gasteiger partial charge in [-0.05, 0) is 43.2 Å². The van der Waals surface area contributed by atoms with Crippen LogP contribution in [-0.2, 0) is 4.79 Å². The Hall–Kier alpha value is -3.80. The Bertz CT molecular complexity index is 1050. The zero-order chi connectivity index (χ0) is 22.9. The number of methoxy groups -OCH3 is 1. The molecular formula is C26H28N2O4. The van der Waals surface area contributed by atoms with E-state index in [4.69, 9.17) is 9.47 Å². The van der Waals surface area contributed by atoms with Crippen LogP contribution >= 0.6 is 0 Å². The molecule has 3 aromatic carbocycles. The molecule has 0 unspecified atom stereocenters. The van der Waals surface area contributed by atoms with Crippen molar-refractivity contribution in [3.8, 4) is 11.5 Å². The highest BCUT2D eigenvalue weighted by molar-refractivity contribution is 6.04. The van der Waals surface area contributed by atoms with Gasteiger partial charge in [-0.25, -0.2) is 0 Å². The van der Waals surface area contributed by atoms with Crippen LogP contribution in [-0.4, -0.2) is 25.0 Å². The van der Waals surface area contributed by atoms with Crippen LogP contribution in [0.2, 0.25) is 0 Å². The Morgan fingerprint density at radius 1 is 0.875 bits per heavy atom. The molecule has 2 atom stereocenters. The second-order valence-corrected chi connectivity index (χ2v) is 7.31. The number of amides is 2. The molecule has 0 saturated heterocycles. The molecule has 0 radical (unpaired) electrons. The first-order valence-electron chi connectivity index (χ1n) is 10.6. The van der Waals surface area contributed by atoms with Crippen LogP contribution in [0, 0.1) is 0 Å². The molecular weight excluding hydrogens is 404 g/mol. The van der Waals surface area contributed by atoms with E-state index in [9.17, 15) is 9.59 Å². The molecule has 2 N–H and O–H groups in total. The largest absolute Gasteiger partial charge is 0.493 e. The molecule has 0 spiro atoms. The molecule has 0 aliphatic heterocycles. The summed E-state index contributed by atoms with van der Waals surface area (Å²) in [5.74, 6) is 0.429. The van der Waals surface area contributed by atoms with Crippen LogP contribution < -0.4 is 20.1 Å². The van der Waals surface area contributed by atoms with Gasteiger partial charge in [0.2, 0.25) is 0 Å². The molecule has 0 fully saturated rings. The van der Waals surface area contributed by atoms with Gasteiger partial charge in [0, 0.05) is 0 Å². The third kappa shape index (κ3) is 5.66. The van der Waals surface area contributed by atoms with Crippen molar-refractivity contribution in [1.29, 1.82) is 0 Å². The summed E-state index contributed by atoms with van der Waals surface area (Å²) in [5, 5.41) is 5.83. The van der Waals surface area contributed by atoms with E-state index in [1.165, 1.54) is 0 Å². The minimum absolute atomic E-state index is 0.176. The smallest absolute Gasteiger partial charge is 0.265 e. The Balaban J connectivity index is 1.73. The van der Waals surface area contributed by atoms with E-state index in [-0.39, 0.29) is 17.9 Å². The molecule has 2 amide bonds. The van der Waals surface area contributed by atoms with E-state index in [0.29, 0.717) is 29.2 Å². The second kappa shape index (κ2) is 11.0. The maximum absolute atomic E-state index is 13.0. The third-order valence-electron chi connectivity index (χ3n) is 5.08. The van der Waals surface area contributed by atoms with E-state index in [0.717, 1.165) is 5.56 Å². The van der Waals surface area contributed by atoms with Crippen LogP contribution in [0.25, 0.3) is 0 Å². The first-order chi connectivity index (χ1) is 15.5. The van der Waals surface area contributed by atoms with Crippen LogP contribution in [0.15, 0.2) is 78.9 Å². The number of hydrogen-bond acceptors (Lipinski definition) is 4. The van der Waals surface area contributed by atoms with Gasteiger partial charge in [0.05, 0.1) is 24.4 Å². The van der Waals surface area contributed by atoms with Gasteiger partial charge in [-0.15, -0.1) is 0 Å². The summed E-state index contributed by atoms with van der Waals surface area (Å²) in [5.41, 5.74) is 1.81. The second-order valence-electron chi connectivity index (χ2n) is 7.31. The average molecular weight is 433 g/mol. The van der Waals surface area contributed by atoms with Gasteiger partial charge in [0.15, 0.2) is 17.6 Å². The summed E-state index contributed by atoms with van der Waals surface area (Å²) < 4.78 is 11.2. The number of rotatable bonds is 9. The predicted molar refractivity (Wildman–Crippen MR) is 125 cm³/mol. The molecule has 0 heterocycles. The van der Waals surface area contributed by atoms with Crippen LogP contribution in [0.4, 0.5) is 5.69 Å². The number of ether oxygens (including phenoxy) is 2. The van der Waals surface area contributed by atoms with Gasteiger partial charge < -0.3 is 20.1 Å². The Labute approximate surface area is 188 Å². The van der Waals surface area contributed by atoms with Gasteiger partial charge in [-0.1, -0.05) is 61.5 Å². The monoisotopic (exact) mass is 432 g/mol. The van der Waals surface area contributed by atoms with Crippen molar-refractivity contribution < 1.29 is 19.1 Å². The number of para-hydroxylation sites is 3. The van der Waals surface area contributed by atoms with Crippen LogP contribution in [0.1, 0.15) is 42.2 Å². The van der Waals surface area contributed by atoms with Crippen molar-refractivity contribution in [3.05, 3.63) is 90.0 Å². The predicted octanol–water partition coefficient (Wildman–Crippen LogP) is 4.98. The lowest BCUT2D eigenvalue weighted by Gasteiger charge is -2.20. The summed E-state index contributed by atoms with van der Waals surface area (Å²) in [6.07, 6.45) is -0.297. The molecule has 0 bridgehead atoms. The molecule has 0 aromatic heterocycles. The van der Waals surface area contributed by atoms with Crippen molar-refractivity contribution in [2.24, 2.45) is 0 Å². The van der Waals surface area contributed by atoms with Crippen molar-refractivity contribution in [2.45, 2.75) is 32.4 Å². The summed E-state index contributed by atoms with van der Waals surface area (Å²) >= 11 is 0. The summed E-state index contributed by atoms with van der Waals surface area (Å²) in [6.45, 7) is 3.78. The number of anilines is 1. The normalized spacial score (nSPS) is 12.3. The third-order valence-corrected chi connectivity index (χ3v) is 5.08. The Morgan fingerprint density at radius 3 is 2.19 bits per heavy atom. The highest BCUT2D eigenvalue weighted by Crippen LogP contribution is 2.28. The van der Waals surface area contributed by atoms with Crippen molar-refractivity contribution >= 4 is 17.5 Å². The molecule has 32 heavy (non-hydrogen) atoms. The number of hydrogen-bond donors (Lipinski definition) is 2. The standard InChI is InChI=1S/C26H28N2O4/c1-4-22(32-24-17-11-10-16-23(24)31-3)26(30)28-21-15-9-8-14-20(21)25(29)27-18(2)19-12-6-5-7-13-19/h5-18,22H,4H2,1-3H3,(H,27,29)(H,28,30)/t18-,22+/m0/s1. The maximum atomic E-state index is 13.0. The Morgan fingerprint density at radius 2 is 1.50 bits per heavy atom. The van der Waals surface area contributed by atoms with Crippen molar-refractivity contribution in [3.63, 3.8) is 0 Å². The zero-order valence-corrected chi connectivity index (χ0v) is 18.5. The summed E-state index contributed by atoms with van der Waals surface area (Å²) in [7, 11) is 1.55. The van der Waals surface area contributed by atoms with Gasteiger partial charge in [0.25, 0.3) is 11.8 Å². The lowest BCUT2D eigenvalue weighted by molar-refractivity contribution is -0.122. The number of benzene rings is 3. The summed E-state index contributed by atoms with van der Waals surface area (Å²) in [6, 6.07) is 23.6. The molecule has 0 aliphatic carbocycles.